The molecule has 0 aromatic carbocycles. The van der Waals surface area contributed by atoms with Crippen LogP contribution in [0.2, 0.25) is 0 Å². The van der Waals surface area contributed by atoms with Crippen molar-refractivity contribution in [1.29, 1.82) is 0 Å². The zero-order valence-electron chi connectivity index (χ0n) is 9.30. The maximum atomic E-state index is 11.2. The number of nitrogens with zero attached hydrogens (tertiary/aromatic N) is 1. The van der Waals surface area contributed by atoms with Crippen molar-refractivity contribution in [3.63, 3.8) is 0 Å². The zero-order chi connectivity index (χ0) is 12.6. The first-order chi connectivity index (χ1) is 7.54. The molecule has 0 aliphatic rings. The standard InChI is InChI=1S/C9H15NO6/c1-3-5-15-8(11)7(10(13)14)9(12)16-6-4-2/h7H,3-6H2,1-2H3. The maximum absolute atomic E-state index is 11.2. The Bertz CT molecular complexity index is 245. The largest absolute Gasteiger partial charge is 0.460 e. The summed E-state index contributed by atoms with van der Waals surface area (Å²) in [5, 5.41) is 10.5. The van der Waals surface area contributed by atoms with Crippen molar-refractivity contribution in [3.05, 3.63) is 10.1 Å². The molecule has 16 heavy (non-hydrogen) atoms. The topological polar surface area (TPSA) is 95.7 Å². The minimum Gasteiger partial charge on any atom is -0.460 e. The molecule has 0 unspecified atom stereocenters. The van der Waals surface area contributed by atoms with E-state index in [9.17, 15) is 19.7 Å². The van der Waals surface area contributed by atoms with Gasteiger partial charge in [0.1, 0.15) is 0 Å². The molecule has 92 valence electrons. The fraction of sp³-hybridized carbons (Fsp3) is 0.778. The Labute approximate surface area is 92.9 Å². The summed E-state index contributed by atoms with van der Waals surface area (Å²) in [6, 6.07) is -2.07. The van der Waals surface area contributed by atoms with Gasteiger partial charge in [0.2, 0.25) is 0 Å². The fourth-order valence-electron chi connectivity index (χ4n) is 0.832. The number of ether oxygens (including phenoxy) is 2. The lowest BCUT2D eigenvalue weighted by Crippen LogP contribution is -2.40. The Kier molecular flexibility index (Phi) is 6.82. The molecule has 0 heterocycles. The molecule has 0 atom stereocenters. The van der Waals surface area contributed by atoms with Crippen LogP contribution in [0.5, 0.6) is 0 Å². The monoisotopic (exact) mass is 233 g/mol. The van der Waals surface area contributed by atoms with Crippen molar-refractivity contribution >= 4 is 11.9 Å². The van der Waals surface area contributed by atoms with E-state index in [0.29, 0.717) is 12.8 Å². The maximum Gasteiger partial charge on any atom is 0.402 e. The average Bonchev–Trinajstić information content (AvgIpc) is 2.23. The molecule has 0 radical (unpaired) electrons. The van der Waals surface area contributed by atoms with Crippen LogP contribution in [0.15, 0.2) is 0 Å². The molecule has 0 aliphatic heterocycles. The predicted molar refractivity (Wildman–Crippen MR) is 53.3 cm³/mol. The minimum absolute atomic E-state index is 0.0459. The van der Waals surface area contributed by atoms with Gasteiger partial charge in [-0.2, -0.15) is 0 Å². The van der Waals surface area contributed by atoms with Gasteiger partial charge in [-0.25, -0.2) is 9.59 Å². The number of nitro groups is 1. The molecule has 0 bridgehead atoms. The molecule has 7 nitrogen and oxygen atoms in total. The predicted octanol–water partition coefficient (Wildman–Crippen LogP) is 0.538. The lowest BCUT2D eigenvalue weighted by atomic mass is 10.3. The summed E-state index contributed by atoms with van der Waals surface area (Å²) >= 11 is 0. The normalized spacial score (nSPS) is 9.94. The third-order valence-corrected chi connectivity index (χ3v) is 1.55. The third kappa shape index (κ3) is 4.72. The Morgan fingerprint density at radius 1 is 1.12 bits per heavy atom. The Hall–Kier alpha value is -1.66. The van der Waals surface area contributed by atoms with Gasteiger partial charge in [0.25, 0.3) is 0 Å². The summed E-state index contributed by atoms with van der Waals surface area (Å²) in [5.41, 5.74) is 0. The summed E-state index contributed by atoms with van der Waals surface area (Å²) in [5.74, 6) is -2.35. The highest BCUT2D eigenvalue weighted by Crippen LogP contribution is 2.00. The first kappa shape index (κ1) is 14.3. The van der Waals surface area contributed by atoms with Crippen LogP contribution in [0.4, 0.5) is 0 Å². The fourth-order valence-corrected chi connectivity index (χ4v) is 0.832. The van der Waals surface area contributed by atoms with E-state index in [1.807, 2.05) is 0 Å². The Balaban J connectivity index is 4.42. The summed E-state index contributed by atoms with van der Waals surface area (Å²) in [6.07, 6.45) is 1.06. The molecule has 0 N–H and O–H groups in total. The number of hydrogen-bond acceptors (Lipinski definition) is 6. The minimum atomic E-state index is -2.07. The van der Waals surface area contributed by atoms with Gasteiger partial charge in [0.15, 0.2) is 0 Å². The molecule has 7 heteroatoms. The molecule has 0 saturated heterocycles. The van der Waals surface area contributed by atoms with E-state index in [-0.39, 0.29) is 13.2 Å². The van der Waals surface area contributed by atoms with Gasteiger partial charge in [-0.05, 0) is 12.8 Å². The molecule has 0 aromatic rings. The van der Waals surface area contributed by atoms with Gasteiger partial charge in [-0.3, -0.25) is 10.1 Å². The number of hydrogen-bond donors (Lipinski definition) is 0. The number of rotatable bonds is 7. The number of esters is 2. The first-order valence-electron chi connectivity index (χ1n) is 5.01. The smallest absolute Gasteiger partial charge is 0.402 e. The van der Waals surface area contributed by atoms with Crippen molar-refractivity contribution in [2.45, 2.75) is 32.7 Å². The summed E-state index contributed by atoms with van der Waals surface area (Å²) < 4.78 is 9.07. The number of carbonyl (C=O) groups excluding carboxylic acids is 2. The Morgan fingerprint density at radius 2 is 1.50 bits per heavy atom. The highest BCUT2D eigenvalue weighted by molar-refractivity contribution is 5.97. The van der Waals surface area contributed by atoms with E-state index in [1.54, 1.807) is 13.8 Å². The quantitative estimate of drug-likeness (QED) is 0.275. The second-order valence-electron chi connectivity index (χ2n) is 3.02. The second-order valence-corrected chi connectivity index (χ2v) is 3.02. The molecule has 0 saturated carbocycles. The van der Waals surface area contributed by atoms with Crippen molar-refractivity contribution in [3.8, 4) is 0 Å². The lowest BCUT2D eigenvalue weighted by molar-refractivity contribution is -0.499. The first-order valence-corrected chi connectivity index (χ1v) is 5.01. The van der Waals surface area contributed by atoms with Crippen LogP contribution in [-0.2, 0) is 19.1 Å². The zero-order valence-corrected chi connectivity index (χ0v) is 9.30. The molecular weight excluding hydrogens is 218 g/mol. The van der Waals surface area contributed by atoms with E-state index >= 15 is 0 Å². The second kappa shape index (κ2) is 7.61. The van der Waals surface area contributed by atoms with Gasteiger partial charge in [0.05, 0.1) is 13.2 Å². The highest BCUT2D eigenvalue weighted by atomic mass is 16.6. The van der Waals surface area contributed by atoms with Crippen LogP contribution >= 0.6 is 0 Å². The summed E-state index contributed by atoms with van der Waals surface area (Å²) in [4.78, 5) is 31.9. The van der Waals surface area contributed by atoms with Crippen LogP contribution < -0.4 is 0 Å². The van der Waals surface area contributed by atoms with E-state index in [4.69, 9.17) is 0 Å². The van der Waals surface area contributed by atoms with Crippen molar-refractivity contribution in [2.24, 2.45) is 0 Å². The SMILES string of the molecule is CCCOC(=O)C(C(=O)OCCC)[N+](=O)[O-]. The van der Waals surface area contributed by atoms with Gasteiger partial charge in [-0.15, -0.1) is 0 Å². The van der Waals surface area contributed by atoms with E-state index in [1.165, 1.54) is 0 Å². The molecule has 0 spiro atoms. The van der Waals surface area contributed by atoms with Gasteiger partial charge in [0, 0.05) is 4.92 Å². The van der Waals surface area contributed by atoms with Crippen LogP contribution in [0.1, 0.15) is 26.7 Å². The van der Waals surface area contributed by atoms with Gasteiger partial charge in [-0.1, -0.05) is 13.8 Å². The Morgan fingerprint density at radius 3 is 1.75 bits per heavy atom. The molecule has 0 amide bonds. The van der Waals surface area contributed by atoms with E-state index < -0.39 is 22.9 Å². The van der Waals surface area contributed by atoms with E-state index in [0.717, 1.165) is 0 Å². The van der Waals surface area contributed by atoms with E-state index in [2.05, 4.69) is 9.47 Å². The van der Waals surface area contributed by atoms with Crippen molar-refractivity contribution < 1.29 is 24.0 Å². The number of carbonyl (C=O) groups is 2. The molecule has 0 aromatic heterocycles. The van der Waals surface area contributed by atoms with Crippen LogP contribution in [0, 0.1) is 10.1 Å². The lowest BCUT2D eigenvalue weighted by Gasteiger charge is -2.08. The third-order valence-electron chi connectivity index (χ3n) is 1.55. The molecule has 0 fully saturated rings. The van der Waals surface area contributed by atoms with Gasteiger partial charge >= 0.3 is 18.0 Å². The summed E-state index contributed by atoms with van der Waals surface area (Å²) in [7, 11) is 0. The average molecular weight is 233 g/mol. The van der Waals surface area contributed by atoms with Crippen LogP contribution in [-0.4, -0.2) is 36.1 Å². The van der Waals surface area contributed by atoms with Gasteiger partial charge < -0.3 is 9.47 Å². The van der Waals surface area contributed by atoms with Crippen LogP contribution in [0.25, 0.3) is 0 Å². The van der Waals surface area contributed by atoms with Crippen LogP contribution in [0.3, 0.4) is 0 Å². The molecule has 0 aliphatic carbocycles. The molecular formula is C9H15NO6. The molecule has 0 rings (SSSR count). The van der Waals surface area contributed by atoms with Crippen molar-refractivity contribution in [1.82, 2.24) is 0 Å². The summed E-state index contributed by atoms with van der Waals surface area (Å²) in [6.45, 7) is 3.57. The van der Waals surface area contributed by atoms with Crippen molar-refractivity contribution in [2.75, 3.05) is 13.2 Å². The highest BCUT2D eigenvalue weighted by Gasteiger charge is 2.41.